The number of rotatable bonds is 14. The molecule has 19 nitrogen and oxygen atoms in total. The number of ether oxygens (including phenoxy) is 5. The summed E-state index contributed by atoms with van der Waals surface area (Å²) in [5.74, 6) is 1.07. The maximum absolute atomic E-state index is 13.5. The number of nitrogens with zero attached hydrogens (tertiary/aromatic N) is 6. The minimum atomic E-state index is -0.554. The van der Waals surface area contributed by atoms with Crippen molar-refractivity contribution in [1.29, 1.82) is 0 Å². The molecule has 4 aromatic carbocycles. The average Bonchev–Trinajstić information content (AvgIpc) is 4.03. The van der Waals surface area contributed by atoms with Crippen molar-refractivity contribution in [1.82, 2.24) is 18.7 Å². The second-order valence-corrected chi connectivity index (χ2v) is 15.8. The number of benzene rings is 4. The van der Waals surface area contributed by atoms with Gasteiger partial charge in [-0.25, -0.2) is 14.6 Å². The third-order valence-corrected chi connectivity index (χ3v) is 11.5. The molecule has 2 aromatic heterocycles. The first-order valence-corrected chi connectivity index (χ1v) is 22.4. The summed E-state index contributed by atoms with van der Waals surface area (Å²) in [6.07, 6.45) is 0.681. The molecule has 6 aromatic rings. The topological polar surface area (TPSA) is 221 Å². The fraction of sp³-hybridized carbons (Fsp3) is 0.289. The van der Waals surface area contributed by atoms with E-state index in [9.17, 15) is 19.2 Å². The van der Waals surface area contributed by atoms with E-state index in [0.717, 1.165) is 47.5 Å². The number of ketones is 2. The van der Waals surface area contributed by atoms with Crippen molar-refractivity contribution in [2.45, 2.75) is 13.3 Å². The Morgan fingerprint density at radius 3 is 1.45 bits per heavy atom. The average molecular weight is 937 g/mol. The minimum Gasteiger partial charge on any atom is -0.496 e. The van der Waals surface area contributed by atoms with Crippen LogP contribution in [0.2, 0.25) is 0 Å². The van der Waals surface area contributed by atoms with Gasteiger partial charge in [0, 0.05) is 78.2 Å². The Bertz CT molecular complexity index is 2470. The van der Waals surface area contributed by atoms with Gasteiger partial charge in [0.05, 0.1) is 70.3 Å². The largest absolute Gasteiger partial charge is 0.496 e. The van der Waals surface area contributed by atoms with Crippen molar-refractivity contribution in [2.24, 2.45) is 0 Å². The van der Waals surface area contributed by atoms with Crippen molar-refractivity contribution < 1.29 is 42.9 Å². The molecule has 66 heavy (non-hydrogen) atoms. The zero-order chi connectivity index (χ0) is 46.4. The van der Waals surface area contributed by atoms with Gasteiger partial charge < -0.3 is 44.1 Å². The van der Waals surface area contributed by atoms with Crippen LogP contribution in [0.15, 0.2) is 84.9 Å². The maximum Gasteiger partial charge on any atom is 0.329 e. The van der Waals surface area contributed by atoms with Crippen LogP contribution in [0.25, 0.3) is 0 Å². The van der Waals surface area contributed by atoms with E-state index in [-0.39, 0.29) is 22.7 Å². The lowest BCUT2D eigenvalue weighted by Gasteiger charge is -2.29. The molecule has 0 radical (unpaired) electrons. The summed E-state index contributed by atoms with van der Waals surface area (Å²) < 4.78 is 34.7. The summed E-state index contributed by atoms with van der Waals surface area (Å²) in [7, 11) is 4.48. The van der Waals surface area contributed by atoms with Gasteiger partial charge in [-0.15, -0.1) is 4.37 Å². The van der Waals surface area contributed by atoms with Gasteiger partial charge >= 0.3 is 18.1 Å². The van der Waals surface area contributed by atoms with Crippen molar-refractivity contribution in [3.05, 3.63) is 113 Å². The molecule has 0 bridgehead atoms. The highest BCUT2D eigenvalue weighted by Gasteiger charge is 2.24. The Morgan fingerprint density at radius 2 is 1.03 bits per heavy atom. The maximum atomic E-state index is 13.5. The van der Waals surface area contributed by atoms with Gasteiger partial charge in [0.2, 0.25) is 10.3 Å². The number of hydrogen-bond acceptors (Lipinski definition) is 17. The van der Waals surface area contributed by atoms with E-state index in [2.05, 4.69) is 49.8 Å². The predicted octanol–water partition coefficient (Wildman–Crippen LogP) is 7.09. The molecule has 2 saturated heterocycles. The summed E-state index contributed by atoms with van der Waals surface area (Å²) in [6, 6.07) is 23.9. The van der Waals surface area contributed by atoms with Crippen LogP contribution in [0.5, 0.6) is 17.5 Å². The summed E-state index contributed by atoms with van der Waals surface area (Å²) in [6.45, 7) is 7.31. The monoisotopic (exact) mass is 936 g/mol. The van der Waals surface area contributed by atoms with Gasteiger partial charge in [-0.05, 0) is 60.7 Å². The van der Waals surface area contributed by atoms with Gasteiger partial charge in [-0.3, -0.25) is 20.2 Å². The Labute approximate surface area is 388 Å². The minimum absolute atomic E-state index is 0.164. The number of carbonyl (C=O) groups is 4. The molecule has 344 valence electrons. The van der Waals surface area contributed by atoms with Crippen LogP contribution in [-0.4, -0.2) is 116 Å². The number of methoxy groups -OCH3 is 3. The summed E-state index contributed by atoms with van der Waals surface area (Å²) in [4.78, 5) is 64.9. The van der Waals surface area contributed by atoms with Crippen LogP contribution in [0.3, 0.4) is 0 Å². The molecule has 0 unspecified atom stereocenters. The third-order valence-electron chi connectivity index (χ3n) is 10.3. The molecule has 4 amide bonds. The van der Waals surface area contributed by atoms with Crippen LogP contribution in [0.4, 0.5) is 42.6 Å². The van der Waals surface area contributed by atoms with Crippen LogP contribution in [-0.2, 0) is 15.9 Å². The number of nitrogens with one attached hydrogen (secondary N) is 4. The molecule has 0 atom stereocenters. The molecule has 2 fully saturated rings. The highest BCUT2D eigenvalue weighted by atomic mass is 32.1. The highest BCUT2D eigenvalue weighted by Crippen LogP contribution is 2.32. The molecule has 2 aliphatic heterocycles. The molecule has 0 aliphatic carbocycles. The number of anilines is 6. The lowest BCUT2D eigenvalue weighted by Crippen LogP contribution is -2.36. The molecular formula is C45H48N10O9S2. The molecule has 21 heteroatoms. The Kier molecular flexibility index (Phi) is 16.0. The number of morpholine rings is 2. The third kappa shape index (κ3) is 11.7. The number of aromatic nitrogens is 4. The second kappa shape index (κ2) is 22.6. The first-order valence-electron chi connectivity index (χ1n) is 20.8. The molecule has 0 saturated carbocycles. The van der Waals surface area contributed by atoms with Gasteiger partial charge in [-0.1, -0.05) is 31.2 Å². The smallest absolute Gasteiger partial charge is 0.329 e. The van der Waals surface area contributed by atoms with Crippen molar-refractivity contribution in [3.8, 4) is 17.5 Å². The Balaban J connectivity index is 0.000000196. The fourth-order valence-electron chi connectivity index (χ4n) is 6.94. The van der Waals surface area contributed by atoms with E-state index in [1.807, 2.05) is 19.1 Å². The van der Waals surface area contributed by atoms with E-state index in [1.165, 1.54) is 21.3 Å². The Hall–Kier alpha value is -7.20. The number of urea groups is 2. The quantitative estimate of drug-likeness (QED) is 0.0801. The SMILES string of the molecule is CCc1nsc(NC(=O)Nc2ccc(N3CCOCC3)cc2C(=O)c2ccccc2OC)n1.COc1nsc(NC(=O)Nc2ccc(N3CCOCC3)cc2C(=O)c2ccccc2OC)n1. The molecule has 8 rings (SSSR count). The van der Waals surface area contributed by atoms with Crippen molar-refractivity contribution in [2.75, 3.05) is 105 Å². The first kappa shape index (κ1) is 46.8. The number of aryl methyl sites for hydroxylation is 1. The van der Waals surface area contributed by atoms with Gasteiger partial charge in [0.25, 0.3) is 0 Å². The summed E-state index contributed by atoms with van der Waals surface area (Å²) in [5, 5.41) is 11.5. The molecule has 2 aliphatic rings. The van der Waals surface area contributed by atoms with Crippen molar-refractivity contribution >= 4 is 79.7 Å². The lowest BCUT2D eigenvalue weighted by molar-refractivity contribution is 0.102. The van der Waals surface area contributed by atoms with Crippen LogP contribution >= 0.6 is 23.1 Å². The van der Waals surface area contributed by atoms with E-state index >= 15 is 0 Å². The number of carbonyl (C=O) groups excluding carboxylic acids is 4. The zero-order valence-electron chi connectivity index (χ0n) is 36.6. The molecule has 0 spiro atoms. The van der Waals surface area contributed by atoms with Crippen molar-refractivity contribution in [3.63, 3.8) is 0 Å². The highest BCUT2D eigenvalue weighted by molar-refractivity contribution is 7.10. The molecular weight excluding hydrogens is 889 g/mol. The van der Waals surface area contributed by atoms with E-state index < -0.39 is 12.1 Å². The Morgan fingerprint density at radius 1 is 0.576 bits per heavy atom. The molecule has 4 heterocycles. The van der Waals surface area contributed by atoms with Crippen LogP contribution in [0.1, 0.15) is 44.6 Å². The second-order valence-electron chi connectivity index (χ2n) is 14.3. The van der Waals surface area contributed by atoms with Gasteiger partial charge in [-0.2, -0.15) is 9.36 Å². The number of amides is 4. The number of hydrogen-bond donors (Lipinski definition) is 4. The van der Waals surface area contributed by atoms with E-state index in [4.69, 9.17) is 23.7 Å². The lowest BCUT2D eigenvalue weighted by atomic mass is 9.99. The van der Waals surface area contributed by atoms with Gasteiger partial charge in [0.1, 0.15) is 17.3 Å². The zero-order valence-corrected chi connectivity index (χ0v) is 38.3. The fourth-order valence-corrected chi connectivity index (χ4v) is 8.13. The van der Waals surface area contributed by atoms with E-state index in [1.54, 1.807) is 72.8 Å². The van der Waals surface area contributed by atoms with Gasteiger partial charge in [0.15, 0.2) is 11.6 Å². The first-order chi connectivity index (χ1) is 32.2. The van der Waals surface area contributed by atoms with Crippen LogP contribution < -0.4 is 45.3 Å². The standard InChI is InChI=1S/C23H25N5O4S.C22H23N5O5S/c1-3-20-25-23(33-27-20)26-22(30)24-18-9-8-15(28-10-12-32-13-11-28)14-17(18)21(29)16-6-4-5-7-19(16)31-2;1-30-18-6-4-3-5-15(18)19(28)16-13-14(27-9-11-32-12-10-27)7-8-17(16)23-20(29)24-22-25-21(31-2)26-33-22/h4-9,14H,3,10-13H2,1-2H3,(H2,24,25,26,27,30);3-8,13H,9-12H2,1-2H3,(H2,23,24,25,26,29). The molecule has 4 N–H and O–H groups in total. The summed E-state index contributed by atoms with van der Waals surface area (Å²) in [5.41, 5.74) is 4.03. The van der Waals surface area contributed by atoms with Crippen LogP contribution in [0, 0.1) is 0 Å². The predicted molar refractivity (Wildman–Crippen MR) is 253 cm³/mol. The number of para-hydroxylation sites is 2. The summed E-state index contributed by atoms with van der Waals surface area (Å²) >= 11 is 2.10. The normalized spacial score (nSPS) is 13.4. The van der Waals surface area contributed by atoms with E-state index in [0.29, 0.717) is 102 Å².